The lowest BCUT2D eigenvalue weighted by atomic mass is 10.0. The van der Waals surface area contributed by atoms with E-state index in [0.29, 0.717) is 0 Å². The van der Waals surface area contributed by atoms with Crippen molar-refractivity contribution in [3.8, 4) is 28.5 Å². The second-order valence-corrected chi connectivity index (χ2v) is 6.86. The van der Waals surface area contributed by atoms with Crippen molar-refractivity contribution in [3.63, 3.8) is 0 Å². The Labute approximate surface area is 165 Å². The van der Waals surface area contributed by atoms with Crippen LogP contribution >= 0.6 is 0 Å². The van der Waals surface area contributed by atoms with E-state index in [1.54, 1.807) is 18.5 Å². The molecule has 4 aromatic rings. The Bertz CT molecular complexity index is 1320. The normalized spacial score (nSPS) is 14.4. The summed E-state index contributed by atoms with van der Waals surface area (Å²) in [5, 5.41) is 20.7. The van der Waals surface area contributed by atoms with E-state index in [2.05, 4.69) is 9.55 Å². The lowest BCUT2D eigenvalue weighted by Gasteiger charge is -2.06. The summed E-state index contributed by atoms with van der Waals surface area (Å²) in [7, 11) is 1.96. The number of aryl methyl sites for hydroxylation is 1. The fourth-order valence-electron chi connectivity index (χ4n) is 3.83. The number of rotatable bonds is 2. The number of hydrogen-bond acceptors (Lipinski definition) is 5. The van der Waals surface area contributed by atoms with Gasteiger partial charge in [-0.3, -0.25) is 9.78 Å². The van der Waals surface area contributed by atoms with Gasteiger partial charge in [-0.15, -0.1) is 0 Å². The third kappa shape index (κ3) is 2.57. The van der Waals surface area contributed by atoms with Crippen LogP contribution in [-0.2, 0) is 7.05 Å². The van der Waals surface area contributed by atoms with E-state index in [-0.39, 0.29) is 28.6 Å². The number of pyridine rings is 1. The third-order valence-electron chi connectivity index (χ3n) is 5.09. The number of hydrogen-bond donors (Lipinski definition) is 2. The van der Waals surface area contributed by atoms with Gasteiger partial charge in [-0.05, 0) is 24.3 Å². The van der Waals surface area contributed by atoms with Crippen LogP contribution in [0.1, 0.15) is 15.9 Å². The fraction of sp³-hybridized carbons (Fsp3) is 0.0435. The number of phenolic OH excluding ortho intramolecular Hbond substituents is 2. The molecule has 0 saturated heterocycles. The van der Waals surface area contributed by atoms with E-state index >= 15 is 0 Å². The molecule has 1 aliphatic rings. The highest BCUT2D eigenvalue weighted by atomic mass is 16.5. The Kier molecular flexibility index (Phi) is 3.67. The number of carbonyl (C=O) groups is 1. The molecule has 1 aliphatic heterocycles. The molecule has 5 rings (SSSR count). The highest BCUT2D eigenvalue weighted by molar-refractivity contribution is 6.17. The third-order valence-corrected chi connectivity index (χ3v) is 5.09. The summed E-state index contributed by atoms with van der Waals surface area (Å²) in [6.45, 7) is 0. The molecule has 0 bridgehead atoms. The van der Waals surface area contributed by atoms with Gasteiger partial charge < -0.3 is 19.5 Å². The molecule has 142 valence electrons. The van der Waals surface area contributed by atoms with Crippen LogP contribution < -0.4 is 4.74 Å². The quantitative estimate of drug-likeness (QED) is 0.504. The van der Waals surface area contributed by atoms with Crippen LogP contribution in [0.5, 0.6) is 17.2 Å². The molecule has 29 heavy (non-hydrogen) atoms. The first-order chi connectivity index (χ1) is 14.0. The standard InChI is InChI=1S/C23H16N2O4/c1-25-17-7-3-2-6-15(17)16(22(25)13-5-4-8-24-12-13)11-20-23(28)21-18(27)9-14(26)10-19(21)29-20/h2-12,26-27H,1H3/b20-11-. The molecule has 0 atom stereocenters. The first-order valence-corrected chi connectivity index (χ1v) is 9.02. The molecule has 0 aliphatic carbocycles. The molecule has 2 aromatic carbocycles. The highest BCUT2D eigenvalue weighted by Crippen LogP contribution is 2.42. The zero-order valence-electron chi connectivity index (χ0n) is 15.5. The first kappa shape index (κ1) is 17.1. The van der Waals surface area contributed by atoms with Gasteiger partial charge in [-0.2, -0.15) is 0 Å². The van der Waals surface area contributed by atoms with Crippen molar-refractivity contribution in [1.82, 2.24) is 9.55 Å². The number of aromatic nitrogens is 2. The average Bonchev–Trinajstić information content (AvgIpc) is 3.17. The smallest absolute Gasteiger partial charge is 0.235 e. The van der Waals surface area contributed by atoms with Gasteiger partial charge >= 0.3 is 0 Å². The predicted molar refractivity (Wildman–Crippen MR) is 109 cm³/mol. The van der Waals surface area contributed by atoms with Gasteiger partial charge in [0.15, 0.2) is 5.76 Å². The molecule has 0 amide bonds. The molecule has 2 aromatic heterocycles. The van der Waals surface area contributed by atoms with Crippen LogP contribution in [0.4, 0.5) is 0 Å². The first-order valence-electron chi connectivity index (χ1n) is 9.02. The number of para-hydroxylation sites is 1. The van der Waals surface area contributed by atoms with Gasteiger partial charge in [0.2, 0.25) is 5.78 Å². The summed E-state index contributed by atoms with van der Waals surface area (Å²) in [6, 6.07) is 14.1. The number of fused-ring (bicyclic) bond motifs is 2. The van der Waals surface area contributed by atoms with E-state index in [9.17, 15) is 15.0 Å². The van der Waals surface area contributed by atoms with Crippen LogP contribution in [0.3, 0.4) is 0 Å². The van der Waals surface area contributed by atoms with Crippen molar-refractivity contribution in [1.29, 1.82) is 0 Å². The monoisotopic (exact) mass is 384 g/mol. The number of aromatic hydroxyl groups is 2. The van der Waals surface area contributed by atoms with Crippen molar-refractivity contribution in [2.45, 2.75) is 0 Å². The van der Waals surface area contributed by atoms with Crippen molar-refractivity contribution in [3.05, 3.63) is 77.8 Å². The van der Waals surface area contributed by atoms with E-state index < -0.39 is 5.78 Å². The minimum absolute atomic E-state index is 0.0530. The van der Waals surface area contributed by atoms with Crippen LogP contribution in [-0.4, -0.2) is 25.5 Å². The summed E-state index contributed by atoms with van der Waals surface area (Å²) in [4.78, 5) is 17.1. The lowest BCUT2D eigenvalue weighted by molar-refractivity contribution is 0.101. The molecule has 3 heterocycles. The Morgan fingerprint density at radius 1 is 1.10 bits per heavy atom. The Balaban J connectivity index is 1.74. The van der Waals surface area contributed by atoms with Crippen molar-refractivity contribution in [2.24, 2.45) is 7.05 Å². The molecule has 6 nitrogen and oxygen atoms in total. The maximum absolute atomic E-state index is 12.9. The van der Waals surface area contributed by atoms with E-state index in [1.165, 1.54) is 6.07 Å². The molecule has 0 unspecified atom stereocenters. The molecule has 0 spiro atoms. The Morgan fingerprint density at radius 3 is 2.72 bits per heavy atom. The zero-order valence-corrected chi connectivity index (χ0v) is 15.5. The number of allylic oxidation sites excluding steroid dienone is 1. The number of nitrogens with zero attached hydrogens (tertiary/aromatic N) is 2. The second kappa shape index (κ2) is 6.24. The molecule has 2 N–H and O–H groups in total. The van der Waals surface area contributed by atoms with Crippen LogP contribution in [0, 0.1) is 0 Å². The lowest BCUT2D eigenvalue weighted by Crippen LogP contribution is -1.99. The summed E-state index contributed by atoms with van der Waals surface area (Å²) >= 11 is 0. The number of carbonyl (C=O) groups excluding carboxylic acids is 1. The van der Waals surface area contributed by atoms with Crippen LogP contribution in [0.15, 0.2) is 66.7 Å². The molecular weight excluding hydrogens is 368 g/mol. The average molecular weight is 384 g/mol. The van der Waals surface area contributed by atoms with Gasteiger partial charge in [0.05, 0.1) is 5.69 Å². The van der Waals surface area contributed by atoms with Crippen LogP contribution in [0.2, 0.25) is 0 Å². The largest absolute Gasteiger partial charge is 0.508 e. The molecule has 6 heteroatoms. The van der Waals surface area contributed by atoms with E-state index in [4.69, 9.17) is 4.74 Å². The summed E-state index contributed by atoms with van der Waals surface area (Å²) < 4.78 is 7.75. The molecular formula is C23H16N2O4. The Morgan fingerprint density at radius 2 is 1.93 bits per heavy atom. The Hall–Kier alpha value is -4.06. The van der Waals surface area contributed by atoms with Gasteiger partial charge in [0.25, 0.3) is 0 Å². The van der Waals surface area contributed by atoms with Gasteiger partial charge in [0, 0.05) is 53.6 Å². The second-order valence-electron chi connectivity index (χ2n) is 6.86. The van der Waals surface area contributed by atoms with Crippen molar-refractivity contribution >= 4 is 22.8 Å². The molecule has 0 saturated carbocycles. The fourth-order valence-corrected chi connectivity index (χ4v) is 3.83. The number of benzene rings is 2. The topological polar surface area (TPSA) is 84.6 Å². The maximum atomic E-state index is 12.9. The summed E-state index contributed by atoms with van der Waals surface area (Å²) in [5.41, 5.74) is 3.67. The van der Waals surface area contributed by atoms with Gasteiger partial charge in [0.1, 0.15) is 22.8 Å². The summed E-state index contributed by atoms with van der Waals surface area (Å²) in [5.74, 6) is -0.679. The number of Topliss-reactive ketones (excluding diaryl/α,β-unsaturated/α-hetero) is 1. The number of phenols is 2. The van der Waals surface area contributed by atoms with Crippen molar-refractivity contribution in [2.75, 3.05) is 0 Å². The number of ketones is 1. The SMILES string of the molecule is Cn1c(-c2cccnc2)c(/C=C2\Oc3cc(O)cc(O)c3C2=O)c2ccccc21. The van der Waals surface area contributed by atoms with E-state index in [1.807, 2.05) is 43.4 Å². The highest BCUT2D eigenvalue weighted by Gasteiger charge is 2.32. The van der Waals surface area contributed by atoms with E-state index in [0.717, 1.165) is 33.8 Å². The minimum Gasteiger partial charge on any atom is -0.508 e. The number of ether oxygens (including phenoxy) is 1. The minimum atomic E-state index is -0.428. The molecule has 0 fully saturated rings. The molecule has 0 radical (unpaired) electrons. The zero-order chi connectivity index (χ0) is 20.1. The van der Waals surface area contributed by atoms with Crippen molar-refractivity contribution < 1.29 is 19.7 Å². The maximum Gasteiger partial charge on any atom is 0.235 e. The van der Waals surface area contributed by atoms with Crippen LogP contribution in [0.25, 0.3) is 28.2 Å². The predicted octanol–water partition coefficient (Wildman–Crippen LogP) is 4.27. The summed E-state index contributed by atoms with van der Waals surface area (Å²) in [6.07, 6.45) is 5.16. The van der Waals surface area contributed by atoms with Gasteiger partial charge in [-0.25, -0.2) is 0 Å². The van der Waals surface area contributed by atoms with Gasteiger partial charge in [-0.1, -0.05) is 18.2 Å².